The summed E-state index contributed by atoms with van der Waals surface area (Å²) in [5.41, 5.74) is 2.23. The highest BCUT2D eigenvalue weighted by molar-refractivity contribution is 5.78. The lowest BCUT2D eigenvalue weighted by atomic mass is 9.96. The van der Waals surface area contributed by atoms with E-state index in [-0.39, 0.29) is 11.8 Å². The van der Waals surface area contributed by atoms with Gasteiger partial charge in [-0.3, -0.25) is 14.7 Å². The van der Waals surface area contributed by atoms with E-state index < -0.39 is 0 Å². The number of piperidine rings is 1. The number of carbonyl (C=O) groups is 1. The maximum atomic E-state index is 11.6. The standard InChI is InChI=1S/C16H26N4O/c1-3-7-18-14-4-8-19-15(11-14)12-20-9-5-13(6-10-20)16(21)17-2/h4,8,11,13H,3,5-7,9-10,12H2,1-2H3,(H,17,21)(H,18,19). The van der Waals surface area contributed by atoms with Crippen molar-refractivity contribution in [2.45, 2.75) is 32.7 Å². The Labute approximate surface area is 127 Å². The van der Waals surface area contributed by atoms with Crippen LogP contribution in [0.25, 0.3) is 0 Å². The Bertz CT molecular complexity index is 455. The van der Waals surface area contributed by atoms with Crippen molar-refractivity contribution in [3.8, 4) is 0 Å². The lowest BCUT2D eigenvalue weighted by molar-refractivity contribution is -0.125. The first-order valence-electron chi connectivity index (χ1n) is 7.85. The first-order chi connectivity index (χ1) is 10.2. The number of aromatic nitrogens is 1. The van der Waals surface area contributed by atoms with Gasteiger partial charge in [0.15, 0.2) is 0 Å². The largest absolute Gasteiger partial charge is 0.385 e. The molecule has 0 spiro atoms. The van der Waals surface area contributed by atoms with Gasteiger partial charge in [0, 0.05) is 37.9 Å². The normalized spacial score (nSPS) is 16.7. The summed E-state index contributed by atoms with van der Waals surface area (Å²) >= 11 is 0. The second-order valence-electron chi connectivity index (χ2n) is 5.63. The summed E-state index contributed by atoms with van der Waals surface area (Å²) in [6, 6.07) is 4.14. The summed E-state index contributed by atoms with van der Waals surface area (Å²) in [5.74, 6) is 0.357. The number of anilines is 1. The predicted octanol–water partition coefficient (Wildman–Crippen LogP) is 1.86. The van der Waals surface area contributed by atoms with Crippen LogP contribution in [0.5, 0.6) is 0 Å². The highest BCUT2D eigenvalue weighted by Crippen LogP contribution is 2.19. The molecule has 0 atom stereocenters. The van der Waals surface area contributed by atoms with Crippen molar-refractivity contribution >= 4 is 11.6 Å². The van der Waals surface area contributed by atoms with Crippen LogP contribution in [0.1, 0.15) is 31.9 Å². The van der Waals surface area contributed by atoms with Crippen LogP contribution in [-0.2, 0) is 11.3 Å². The Hall–Kier alpha value is -1.62. The zero-order valence-corrected chi connectivity index (χ0v) is 13.1. The SMILES string of the molecule is CCCNc1ccnc(CN2CCC(C(=O)NC)CC2)c1. The Balaban J connectivity index is 1.84. The van der Waals surface area contributed by atoms with Crippen LogP contribution in [0.15, 0.2) is 18.3 Å². The predicted molar refractivity (Wildman–Crippen MR) is 85.1 cm³/mol. The van der Waals surface area contributed by atoms with Gasteiger partial charge < -0.3 is 10.6 Å². The third-order valence-electron chi connectivity index (χ3n) is 3.99. The number of pyridine rings is 1. The average Bonchev–Trinajstić information content (AvgIpc) is 2.53. The second kappa shape index (κ2) is 7.98. The molecule has 1 saturated heterocycles. The van der Waals surface area contributed by atoms with Crippen molar-refractivity contribution in [3.63, 3.8) is 0 Å². The van der Waals surface area contributed by atoms with E-state index in [9.17, 15) is 4.79 Å². The molecule has 0 unspecified atom stereocenters. The van der Waals surface area contributed by atoms with Gasteiger partial charge >= 0.3 is 0 Å². The number of carbonyl (C=O) groups excluding carboxylic acids is 1. The van der Waals surface area contributed by atoms with E-state index in [1.807, 2.05) is 12.3 Å². The number of amides is 1. The van der Waals surface area contributed by atoms with E-state index >= 15 is 0 Å². The van der Waals surface area contributed by atoms with E-state index in [1.54, 1.807) is 7.05 Å². The molecule has 2 rings (SSSR count). The second-order valence-corrected chi connectivity index (χ2v) is 5.63. The molecule has 1 aromatic heterocycles. The van der Waals surface area contributed by atoms with Crippen molar-refractivity contribution < 1.29 is 4.79 Å². The maximum absolute atomic E-state index is 11.6. The van der Waals surface area contributed by atoms with Crippen LogP contribution >= 0.6 is 0 Å². The number of hydrogen-bond donors (Lipinski definition) is 2. The monoisotopic (exact) mass is 290 g/mol. The van der Waals surface area contributed by atoms with Crippen LogP contribution in [0.4, 0.5) is 5.69 Å². The lowest BCUT2D eigenvalue weighted by Gasteiger charge is -2.30. The van der Waals surface area contributed by atoms with Crippen LogP contribution < -0.4 is 10.6 Å². The molecular weight excluding hydrogens is 264 g/mol. The molecule has 21 heavy (non-hydrogen) atoms. The molecule has 1 aromatic rings. The molecule has 2 N–H and O–H groups in total. The number of hydrogen-bond acceptors (Lipinski definition) is 4. The van der Waals surface area contributed by atoms with Crippen LogP contribution in [0.2, 0.25) is 0 Å². The van der Waals surface area contributed by atoms with Gasteiger partial charge in [0.2, 0.25) is 5.91 Å². The number of likely N-dealkylation sites (tertiary alicyclic amines) is 1. The molecule has 1 amide bonds. The number of rotatable bonds is 6. The summed E-state index contributed by atoms with van der Waals surface area (Å²) in [7, 11) is 1.72. The van der Waals surface area contributed by atoms with Gasteiger partial charge in [-0.2, -0.15) is 0 Å². The average molecular weight is 290 g/mol. The van der Waals surface area contributed by atoms with Crippen molar-refractivity contribution in [1.82, 2.24) is 15.2 Å². The maximum Gasteiger partial charge on any atom is 0.222 e. The molecule has 116 valence electrons. The molecule has 5 nitrogen and oxygen atoms in total. The summed E-state index contributed by atoms with van der Waals surface area (Å²) in [6.45, 7) is 5.94. The van der Waals surface area contributed by atoms with Gasteiger partial charge in [-0.15, -0.1) is 0 Å². The van der Waals surface area contributed by atoms with Crippen molar-refractivity contribution in [2.24, 2.45) is 5.92 Å². The summed E-state index contributed by atoms with van der Waals surface area (Å²) in [6.07, 6.45) is 4.86. The fourth-order valence-electron chi connectivity index (χ4n) is 2.73. The Morgan fingerprint density at radius 1 is 1.43 bits per heavy atom. The van der Waals surface area contributed by atoms with Crippen molar-refractivity contribution in [1.29, 1.82) is 0 Å². The molecular formula is C16H26N4O. The first-order valence-corrected chi connectivity index (χ1v) is 7.85. The Kier molecular flexibility index (Phi) is 5.99. The Morgan fingerprint density at radius 3 is 2.86 bits per heavy atom. The van der Waals surface area contributed by atoms with Gasteiger partial charge in [-0.1, -0.05) is 6.92 Å². The molecule has 0 radical (unpaired) electrons. The molecule has 1 aliphatic heterocycles. The van der Waals surface area contributed by atoms with E-state index in [4.69, 9.17) is 0 Å². The van der Waals surface area contributed by atoms with Gasteiger partial charge in [0.1, 0.15) is 0 Å². The molecule has 0 bridgehead atoms. The quantitative estimate of drug-likeness (QED) is 0.839. The summed E-state index contributed by atoms with van der Waals surface area (Å²) < 4.78 is 0. The summed E-state index contributed by atoms with van der Waals surface area (Å²) in [4.78, 5) is 18.5. The zero-order valence-electron chi connectivity index (χ0n) is 13.1. The molecule has 1 fully saturated rings. The van der Waals surface area contributed by atoms with Crippen LogP contribution in [-0.4, -0.2) is 42.5 Å². The van der Waals surface area contributed by atoms with Crippen molar-refractivity contribution in [3.05, 3.63) is 24.0 Å². The minimum absolute atomic E-state index is 0.178. The van der Waals surface area contributed by atoms with Crippen LogP contribution in [0, 0.1) is 5.92 Å². The topological polar surface area (TPSA) is 57.3 Å². The van der Waals surface area contributed by atoms with E-state index in [2.05, 4.69) is 33.5 Å². The van der Waals surface area contributed by atoms with Gasteiger partial charge in [0.25, 0.3) is 0 Å². The number of nitrogens with one attached hydrogen (secondary N) is 2. The zero-order chi connectivity index (χ0) is 15.1. The molecule has 2 heterocycles. The molecule has 0 aromatic carbocycles. The van der Waals surface area contributed by atoms with Crippen LogP contribution in [0.3, 0.4) is 0 Å². The Morgan fingerprint density at radius 2 is 2.19 bits per heavy atom. The highest BCUT2D eigenvalue weighted by Gasteiger charge is 2.24. The molecule has 1 aliphatic rings. The van der Waals surface area contributed by atoms with E-state index in [0.717, 1.165) is 56.8 Å². The lowest BCUT2D eigenvalue weighted by Crippen LogP contribution is -2.39. The van der Waals surface area contributed by atoms with E-state index in [0.29, 0.717) is 0 Å². The smallest absolute Gasteiger partial charge is 0.222 e. The molecule has 0 saturated carbocycles. The van der Waals surface area contributed by atoms with Gasteiger partial charge in [-0.05, 0) is 44.5 Å². The minimum atomic E-state index is 0.178. The van der Waals surface area contributed by atoms with Gasteiger partial charge in [0.05, 0.1) is 5.69 Å². The van der Waals surface area contributed by atoms with Crippen molar-refractivity contribution in [2.75, 3.05) is 32.0 Å². The fourth-order valence-corrected chi connectivity index (χ4v) is 2.73. The first kappa shape index (κ1) is 15.8. The van der Waals surface area contributed by atoms with E-state index in [1.165, 1.54) is 0 Å². The molecule has 5 heteroatoms. The fraction of sp³-hybridized carbons (Fsp3) is 0.625. The third kappa shape index (κ3) is 4.70. The summed E-state index contributed by atoms with van der Waals surface area (Å²) in [5, 5.41) is 6.14. The third-order valence-corrected chi connectivity index (χ3v) is 3.99. The minimum Gasteiger partial charge on any atom is -0.385 e. The number of nitrogens with zero attached hydrogens (tertiary/aromatic N) is 2. The highest BCUT2D eigenvalue weighted by atomic mass is 16.1. The molecule has 0 aliphatic carbocycles. The van der Waals surface area contributed by atoms with Gasteiger partial charge in [-0.25, -0.2) is 0 Å².